The Bertz CT molecular complexity index is 2940. The number of fused-ring (bicyclic) bond motifs is 8. The maximum Gasteiger partial charge on any atom is 0.258 e. The maximum absolute atomic E-state index is 5.96. The van der Waals surface area contributed by atoms with Crippen LogP contribution in [-0.4, -0.2) is 28.4 Å². The van der Waals surface area contributed by atoms with Gasteiger partial charge < -0.3 is 4.90 Å². The van der Waals surface area contributed by atoms with E-state index >= 15 is 0 Å². The van der Waals surface area contributed by atoms with Crippen molar-refractivity contribution in [2.24, 2.45) is 0 Å². The minimum atomic E-state index is -0.179. The zero-order valence-corrected chi connectivity index (χ0v) is 32.3. The van der Waals surface area contributed by atoms with Crippen molar-refractivity contribution >= 4 is 115 Å². The molecule has 0 atom stereocenters. The predicted molar refractivity (Wildman–Crippen MR) is 248 cm³/mol. The summed E-state index contributed by atoms with van der Waals surface area (Å²) in [6.07, 6.45) is 5.88. The molecule has 7 nitrogen and oxygen atoms in total. The average Bonchev–Trinajstić information content (AvgIpc) is 3.32. The molecule has 9 heteroatoms. The predicted octanol–water partition coefficient (Wildman–Crippen LogP) is 8.04. The van der Waals surface area contributed by atoms with E-state index in [2.05, 4.69) is 202 Å². The van der Waals surface area contributed by atoms with E-state index in [4.69, 9.17) is 15.0 Å². The fourth-order valence-electron chi connectivity index (χ4n) is 10.2. The first-order chi connectivity index (χ1) is 29.8. The molecule has 60 heavy (non-hydrogen) atoms. The van der Waals surface area contributed by atoms with Gasteiger partial charge in [-0.2, -0.15) is 0 Å². The van der Waals surface area contributed by atoms with Gasteiger partial charge in [0.2, 0.25) is 0 Å². The van der Waals surface area contributed by atoms with Crippen molar-refractivity contribution in [1.29, 1.82) is 0 Å². The first-order valence-corrected chi connectivity index (χ1v) is 20.4. The van der Waals surface area contributed by atoms with Gasteiger partial charge in [-0.1, -0.05) is 103 Å². The molecule has 3 aromatic heterocycles. The Morgan fingerprint density at radius 2 is 0.783 bits per heavy atom. The van der Waals surface area contributed by atoms with Crippen molar-refractivity contribution in [3.63, 3.8) is 0 Å². The lowest BCUT2D eigenvalue weighted by atomic mass is 9.31. The maximum atomic E-state index is 5.96. The van der Waals surface area contributed by atoms with Crippen LogP contribution in [0.1, 0.15) is 0 Å². The Kier molecular flexibility index (Phi) is 7.06. The SMILES string of the molecule is c1ccc(N2c3ccccc3B3c4cc5c(nc4N(c4ccccc4)c4cccc2c43)N(c2ccccc2)c2ccnc3c2B5c2cnccc2N3c2ccccc2)cc1. The number of benzene rings is 6. The minimum absolute atomic E-state index is 0.0853. The van der Waals surface area contributed by atoms with E-state index in [9.17, 15) is 0 Å². The van der Waals surface area contributed by atoms with E-state index in [-0.39, 0.29) is 13.4 Å². The van der Waals surface area contributed by atoms with Crippen molar-refractivity contribution in [2.45, 2.75) is 0 Å². The van der Waals surface area contributed by atoms with Crippen LogP contribution in [0.5, 0.6) is 0 Å². The third-order valence-corrected chi connectivity index (χ3v) is 12.5. The summed E-state index contributed by atoms with van der Waals surface area (Å²) in [6.45, 7) is -0.264. The Labute approximate surface area is 348 Å². The second-order valence-corrected chi connectivity index (χ2v) is 15.6. The summed E-state index contributed by atoms with van der Waals surface area (Å²) < 4.78 is 0. The molecule has 0 spiro atoms. The highest BCUT2D eigenvalue weighted by atomic mass is 15.3. The third-order valence-electron chi connectivity index (χ3n) is 12.5. The quantitative estimate of drug-likeness (QED) is 0.168. The second-order valence-electron chi connectivity index (χ2n) is 15.6. The molecule has 0 bridgehead atoms. The molecule has 0 amide bonds. The first-order valence-electron chi connectivity index (χ1n) is 20.4. The minimum Gasteiger partial charge on any atom is -0.311 e. The summed E-state index contributed by atoms with van der Waals surface area (Å²) in [5.74, 6) is 2.73. The molecule has 6 aromatic carbocycles. The fraction of sp³-hybridized carbons (Fsp3) is 0. The van der Waals surface area contributed by atoms with Crippen LogP contribution in [0.4, 0.5) is 68.6 Å². The van der Waals surface area contributed by atoms with Crippen LogP contribution in [0.3, 0.4) is 0 Å². The monoisotopic (exact) mass is 765 g/mol. The van der Waals surface area contributed by atoms with Gasteiger partial charge in [-0.25, -0.2) is 9.97 Å². The van der Waals surface area contributed by atoms with Gasteiger partial charge in [0.15, 0.2) is 0 Å². The van der Waals surface area contributed by atoms with E-state index in [1.807, 2.05) is 18.6 Å². The lowest BCUT2D eigenvalue weighted by Gasteiger charge is -2.46. The summed E-state index contributed by atoms with van der Waals surface area (Å²) >= 11 is 0. The number of aromatic nitrogens is 3. The van der Waals surface area contributed by atoms with Crippen molar-refractivity contribution in [3.8, 4) is 0 Å². The summed E-state index contributed by atoms with van der Waals surface area (Å²) in [6, 6.07) is 65.0. The Morgan fingerprint density at radius 1 is 0.333 bits per heavy atom. The van der Waals surface area contributed by atoms with Gasteiger partial charge in [0.25, 0.3) is 13.4 Å². The highest BCUT2D eigenvalue weighted by Crippen LogP contribution is 2.46. The molecular weight excluding hydrogens is 732 g/mol. The number of nitrogens with zero attached hydrogens (tertiary/aromatic N) is 7. The zero-order valence-electron chi connectivity index (χ0n) is 32.3. The molecule has 0 radical (unpaired) electrons. The first kappa shape index (κ1) is 33.1. The summed E-state index contributed by atoms with van der Waals surface area (Å²) in [5, 5.41) is 0. The van der Waals surface area contributed by atoms with Gasteiger partial charge >= 0.3 is 0 Å². The fourth-order valence-corrected chi connectivity index (χ4v) is 10.2. The smallest absolute Gasteiger partial charge is 0.258 e. The van der Waals surface area contributed by atoms with E-state index in [0.29, 0.717) is 0 Å². The number of hydrogen-bond acceptors (Lipinski definition) is 7. The molecule has 4 aliphatic heterocycles. The van der Waals surface area contributed by atoms with Gasteiger partial charge in [-0.3, -0.25) is 19.7 Å². The highest BCUT2D eigenvalue weighted by molar-refractivity contribution is 7.03. The third kappa shape index (κ3) is 4.60. The topological polar surface area (TPSA) is 51.6 Å². The number of rotatable bonds is 4. The zero-order chi connectivity index (χ0) is 39.3. The van der Waals surface area contributed by atoms with Gasteiger partial charge in [-0.15, -0.1) is 0 Å². The second kappa shape index (κ2) is 12.8. The summed E-state index contributed by atoms with van der Waals surface area (Å²) in [7, 11) is 0. The molecule has 0 saturated carbocycles. The van der Waals surface area contributed by atoms with Gasteiger partial charge in [0.1, 0.15) is 17.5 Å². The lowest BCUT2D eigenvalue weighted by molar-refractivity contribution is 1.12. The van der Waals surface area contributed by atoms with Crippen LogP contribution < -0.4 is 52.4 Å². The average molecular weight is 765 g/mol. The Morgan fingerprint density at radius 3 is 1.40 bits per heavy atom. The van der Waals surface area contributed by atoms with Crippen LogP contribution in [-0.2, 0) is 0 Å². The standard InChI is InChI=1S/C51H33B2N7/c1-5-16-34(17-6-1)57-42-25-14-13-24-38(42)52-39-32-40-50(56-49(39)59(36-20-9-3-10-21-36)45-27-15-26-44(57)47(45)52)60(37-22-11-4-12-23-37)46-29-31-55-51-48(46)53(40)41-33-54-30-28-43(41)58(51)35-18-7-2-8-19-35/h1-33H. The van der Waals surface area contributed by atoms with Crippen LogP contribution in [0, 0.1) is 0 Å². The summed E-state index contributed by atoms with van der Waals surface area (Å²) in [5.41, 5.74) is 16.9. The van der Waals surface area contributed by atoms with E-state index in [1.54, 1.807) is 0 Å². The van der Waals surface area contributed by atoms with Gasteiger partial charge in [0.05, 0.1) is 0 Å². The van der Waals surface area contributed by atoms with Gasteiger partial charge in [-0.05, 0) is 112 Å². The highest BCUT2D eigenvalue weighted by Gasteiger charge is 2.49. The van der Waals surface area contributed by atoms with Crippen LogP contribution in [0.2, 0.25) is 0 Å². The Balaban J connectivity index is 1.14. The Hall–Kier alpha value is -7.90. The molecule has 278 valence electrons. The molecule has 0 saturated heterocycles. The van der Waals surface area contributed by atoms with Crippen LogP contribution in [0.25, 0.3) is 0 Å². The largest absolute Gasteiger partial charge is 0.311 e. The van der Waals surface area contributed by atoms with E-state index < -0.39 is 0 Å². The lowest BCUT2D eigenvalue weighted by Crippen LogP contribution is -2.65. The molecule has 0 unspecified atom stereocenters. The molecule has 9 aromatic rings. The normalized spacial score (nSPS) is 13.8. The number of para-hydroxylation sites is 5. The van der Waals surface area contributed by atoms with Crippen molar-refractivity contribution in [1.82, 2.24) is 15.0 Å². The van der Waals surface area contributed by atoms with Crippen LogP contribution in [0.15, 0.2) is 201 Å². The van der Waals surface area contributed by atoms with E-state index in [0.717, 1.165) is 79.1 Å². The number of hydrogen-bond donors (Lipinski definition) is 0. The van der Waals surface area contributed by atoms with Crippen molar-refractivity contribution in [3.05, 3.63) is 201 Å². The van der Waals surface area contributed by atoms with E-state index in [1.165, 1.54) is 22.3 Å². The molecular formula is C51H33B2N7. The number of anilines is 12. The molecule has 13 rings (SSSR count). The van der Waals surface area contributed by atoms with Crippen molar-refractivity contribution < 1.29 is 0 Å². The molecule has 4 aliphatic rings. The van der Waals surface area contributed by atoms with Crippen molar-refractivity contribution in [2.75, 3.05) is 19.6 Å². The molecule has 0 N–H and O–H groups in total. The summed E-state index contributed by atoms with van der Waals surface area (Å²) in [4.78, 5) is 25.4. The molecule has 7 heterocycles. The number of pyridine rings is 3. The van der Waals surface area contributed by atoms with Crippen LogP contribution >= 0.6 is 0 Å². The molecule has 0 fully saturated rings. The van der Waals surface area contributed by atoms with Gasteiger partial charge in [0, 0.05) is 69.8 Å². The molecule has 0 aliphatic carbocycles.